The maximum absolute atomic E-state index is 5.71. The van der Waals surface area contributed by atoms with Crippen LogP contribution in [0.3, 0.4) is 0 Å². The van der Waals surface area contributed by atoms with Crippen molar-refractivity contribution in [3.8, 4) is 11.5 Å². The number of hydrogen-bond acceptors (Lipinski definition) is 2. The van der Waals surface area contributed by atoms with Crippen molar-refractivity contribution in [3.63, 3.8) is 0 Å². The van der Waals surface area contributed by atoms with Crippen LogP contribution in [0.5, 0.6) is 11.5 Å². The summed E-state index contributed by atoms with van der Waals surface area (Å²) in [4.78, 5) is 0. The van der Waals surface area contributed by atoms with E-state index in [0.717, 1.165) is 22.4 Å². The van der Waals surface area contributed by atoms with E-state index in [9.17, 15) is 0 Å². The second-order valence-electron chi connectivity index (χ2n) is 10.1. The Morgan fingerprint density at radius 1 is 0.964 bits per heavy atom. The molecule has 1 aromatic rings. The molecule has 156 valence electrons. The Hall–Kier alpha value is -0.960. The van der Waals surface area contributed by atoms with Gasteiger partial charge in [-0.25, -0.2) is 0 Å². The van der Waals surface area contributed by atoms with Crippen LogP contribution < -0.4 is 9.47 Å². The molecule has 2 aliphatic carbocycles. The third-order valence-electron chi connectivity index (χ3n) is 8.44. The Kier molecular flexibility index (Phi) is 5.73. The number of fused-ring (bicyclic) bond motifs is 1. The zero-order chi connectivity index (χ0) is 20.9. The molecule has 0 saturated heterocycles. The van der Waals surface area contributed by atoms with Crippen molar-refractivity contribution in [1.82, 2.24) is 0 Å². The Bertz CT molecular complexity index is 781. The van der Waals surface area contributed by atoms with E-state index in [1.807, 2.05) is 0 Å². The number of halogens is 1. The molecule has 2 nitrogen and oxygen atoms in total. The number of benzene rings is 1. The van der Waals surface area contributed by atoms with E-state index >= 15 is 0 Å². The van der Waals surface area contributed by atoms with Gasteiger partial charge in [-0.1, -0.05) is 75.5 Å². The summed E-state index contributed by atoms with van der Waals surface area (Å²) in [6.45, 7) is 14.8. The van der Waals surface area contributed by atoms with Crippen LogP contribution in [0.1, 0.15) is 72.8 Å². The molecule has 1 fully saturated rings. The topological polar surface area (TPSA) is 18.5 Å². The summed E-state index contributed by atoms with van der Waals surface area (Å²) in [7, 11) is 3.43. The maximum Gasteiger partial charge on any atom is 0.161 e. The number of hydrogen-bond donors (Lipinski definition) is 0. The average molecular weight is 449 g/mol. The summed E-state index contributed by atoms with van der Waals surface area (Å²) in [5, 5.41) is 0. The standard InChI is InChI=1S/C25H37BrO2/c1-16-10-11-22-23(3,4)12-9-13-24(22,5)25(6,17(16)2)18-14-20(27-7)21(28-8)15-19(18)26/h11,14-17H,9-10,12-13H2,1-8H3/t16-,17+,24+,25?/m1/s1. The van der Waals surface area contributed by atoms with Gasteiger partial charge in [0.15, 0.2) is 11.5 Å². The van der Waals surface area contributed by atoms with Crippen molar-refractivity contribution in [2.24, 2.45) is 22.7 Å². The van der Waals surface area contributed by atoms with E-state index in [1.165, 1.54) is 24.8 Å². The van der Waals surface area contributed by atoms with E-state index in [0.29, 0.717) is 11.8 Å². The molecule has 4 atom stereocenters. The highest BCUT2D eigenvalue weighted by atomic mass is 79.9. The molecular formula is C25H37BrO2. The lowest BCUT2D eigenvalue weighted by atomic mass is 9.46. The number of allylic oxidation sites excluding steroid dienone is 2. The lowest BCUT2D eigenvalue weighted by Crippen LogP contribution is -2.52. The SMILES string of the molecule is COc1cc(Br)c(C2(C)[C@@H](C)[C@H](C)CC=C3C(C)(C)CCC[C@@]32C)cc1OC. The summed E-state index contributed by atoms with van der Waals surface area (Å²) >= 11 is 3.91. The van der Waals surface area contributed by atoms with Crippen molar-refractivity contribution >= 4 is 15.9 Å². The van der Waals surface area contributed by atoms with Gasteiger partial charge in [0, 0.05) is 9.89 Å². The lowest BCUT2D eigenvalue weighted by molar-refractivity contribution is 0.0537. The van der Waals surface area contributed by atoms with Crippen molar-refractivity contribution in [3.05, 3.63) is 33.8 Å². The van der Waals surface area contributed by atoms with Crippen molar-refractivity contribution in [1.29, 1.82) is 0 Å². The van der Waals surface area contributed by atoms with Crippen LogP contribution in [0.2, 0.25) is 0 Å². The average Bonchev–Trinajstić information content (AvgIpc) is 2.71. The molecule has 0 radical (unpaired) electrons. The molecule has 0 N–H and O–H groups in total. The minimum atomic E-state index is -0.00910. The first-order valence-electron chi connectivity index (χ1n) is 10.7. The Morgan fingerprint density at radius 2 is 1.57 bits per heavy atom. The van der Waals surface area contributed by atoms with Gasteiger partial charge < -0.3 is 9.47 Å². The minimum absolute atomic E-state index is 0.00910. The summed E-state index contributed by atoms with van der Waals surface area (Å²) in [5.41, 5.74) is 3.36. The zero-order valence-corrected chi connectivity index (χ0v) is 20.5. The zero-order valence-electron chi connectivity index (χ0n) is 18.9. The summed E-state index contributed by atoms with van der Waals surface area (Å²) in [6.07, 6.45) is 7.55. The van der Waals surface area contributed by atoms with Crippen LogP contribution in [-0.2, 0) is 5.41 Å². The monoisotopic (exact) mass is 448 g/mol. The van der Waals surface area contributed by atoms with E-state index in [-0.39, 0.29) is 16.2 Å². The third kappa shape index (κ3) is 3.04. The minimum Gasteiger partial charge on any atom is -0.493 e. The Labute approximate surface area is 180 Å². The highest BCUT2D eigenvalue weighted by molar-refractivity contribution is 9.10. The fourth-order valence-electron chi connectivity index (χ4n) is 6.32. The third-order valence-corrected chi connectivity index (χ3v) is 9.10. The van der Waals surface area contributed by atoms with Crippen LogP contribution in [0, 0.1) is 22.7 Å². The number of methoxy groups -OCH3 is 2. The molecule has 0 aromatic heterocycles. The molecule has 0 spiro atoms. The van der Waals surface area contributed by atoms with Gasteiger partial charge in [0.1, 0.15) is 0 Å². The van der Waals surface area contributed by atoms with Crippen LogP contribution in [-0.4, -0.2) is 14.2 Å². The normalized spacial score (nSPS) is 34.8. The molecule has 2 aliphatic rings. The van der Waals surface area contributed by atoms with Gasteiger partial charge in [-0.2, -0.15) is 0 Å². The van der Waals surface area contributed by atoms with Crippen molar-refractivity contribution in [2.75, 3.05) is 14.2 Å². The quantitative estimate of drug-likeness (QED) is 0.444. The molecule has 0 heterocycles. The molecule has 3 heteroatoms. The fraction of sp³-hybridized carbons (Fsp3) is 0.680. The number of ether oxygens (including phenoxy) is 2. The van der Waals surface area contributed by atoms with Crippen LogP contribution in [0.4, 0.5) is 0 Å². The van der Waals surface area contributed by atoms with Gasteiger partial charge in [-0.15, -0.1) is 0 Å². The molecule has 28 heavy (non-hydrogen) atoms. The van der Waals surface area contributed by atoms with Crippen molar-refractivity contribution < 1.29 is 9.47 Å². The van der Waals surface area contributed by atoms with E-state index < -0.39 is 0 Å². The van der Waals surface area contributed by atoms with E-state index in [1.54, 1.807) is 19.8 Å². The predicted molar refractivity (Wildman–Crippen MR) is 121 cm³/mol. The molecule has 3 rings (SSSR count). The van der Waals surface area contributed by atoms with Crippen LogP contribution >= 0.6 is 15.9 Å². The van der Waals surface area contributed by atoms with Crippen molar-refractivity contribution in [2.45, 2.75) is 72.6 Å². The van der Waals surface area contributed by atoms with Gasteiger partial charge in [0.2, 0.25) is 0 Å². The molecular weight excluding hydrogens is 412 g/mol. The summed E-state index contributed by atoms with van der Waals surface area (Å²) in [6, 6.07) is 4.31. The highest BCUT2D eigenvalue weighted by Crippen LogP contribution is 2.65. The van der Waals surface area contributed by atoms with E-state index in [4.69, 9.17) is 9.47 Å². The van der Waals surface area contributed by atoms with Crippen LogP contribution in [0.25, 0.3) is 0 Å². The van der Waals surface area contributed by atoms with Gasteiger partial charge in [-0.3, -0.25) is 0 Å². The second kappa shape index (κ2) is 7.38. The molecule has 1 aromatic carbocycles. The number of rotatable bonds is 3. The first-order valence-corrected chi connectivity index (χ1v) is 11.5. The first-order chi connectivity index (χ1) is 13.0. The largest absolute Gasteiger partial charge is 0.493 e. The lowest BCUT2D eigenvalue weighted by Gasteiger charge is -2.58. The van der Waals surface area contributed by atoms with Gasteiger partial charge in [0.05, 0.1) is 14.2 Å². The Balaban J connectivity index is 2.31. The molecule has 0 aliphatic heterocycles. The fourth-order valence-corrected chi connectivity index (χ4v) is 7.05. The predicted octanol–water partition coefficient (Wildman–Crippen LogP) is 7.54. The molecule has 1 unspecified atom stereocenters. The second-order valence-corrected chi connectivity index (χ2v) is 10.9. The Morgan fingerprint density at radius 3 is 2.18 bits per heavy atom. The molecule has 0 amide bonds. The smallest absolute Gasteiger partial charge is 0.161 e. The molecule has 1 saturated carbocycles. The summed E-state index contributed by atoms with van der Waals surface area (Å²) < 4.78 is 12.4. The van der Waals surface area contributed by atoms with Crippen LogP contribution in [0.15, 0.2) is 28.3 Å². The van der Waals surface area contributed by atoms with E-state index in [2.05, 4.69) is 75.7 Å². The maximum atomic E-state index is 5.71. The van der Waals surface area contributed by atoms with Gasteiger partial charge >= 0.3 is 0 Å². The first kappa shape index (κ1) is 21.7. The highest BCUT2D eigenvalue weighted by Gasteiger charge is 2.57. The molecule has 0 bridgehead atoms. The summed E-state index contributed by atoms with van der Waals surface area (Å²) in [5.74, 6) is 2.75. The van der Waals surface area contributed by atoms with Gasteiger partial charge in [-0.05, 0) is 59.6 Å². The van der Waals surface area contributed by atoms with Gasteiger partial charge in [0.25, 0.3) is 0 Å².